The molecule has 0 spiro atoms. The summed E-state index contributed by atoms with van der Waals surface area (Å²) < 4.78 is 50.2. The van der Waals surface area contributed by atoms with E-state index in [0.29, 0.717) is 0 Å². The SMILES string of the molecule is CO[C@H]1O[C@H](CO)[C@@H](O[C@@H]2O[C@@H](C)[C@H](OC(C)=O)[C@@H](OC(C)=O)[C@H]2OC(C)=O)[C@H](OC)[C@H]1OC. The number of methoxy groups -OCH3 is 3. The van der Waals surface area contributed by atoms with Crippen LogP contribution < -0.4 is 0 Å². The molecular formula is C21H34O13. The predicted octanol–water partition coefficient (Wildman–Crippen LogP) is -0.695. The molecule has 2 aliphatic rings. The van der Waals surface area contributed by atoms with Crippen molar-refractivity contribution >= 4 is 17.9 Å². The van der Waals surface area contributed by atoms with Crippen LogP contribution in [0.25, 0.3) is 0 Å². The highest BCUT2D eigenvalue weighted by molar-refractivity contribution is 5.68. The zero-order valence-corrected chi connectivity index (χ0v) is 20.3. The molecule has 2 saturated heterocycles. The van der Waals surface area contributed by atoms with Crippen molar-refractivity contribution in [3.63, 3.8) is 0 Å². The fourth-order valence-electron chi connectivity index (χ4n) is 4.13. The number of esters is 3. The fraction of sp³-hybridized carbons (Fsp3) is 0.857. The molecule has 2 heterocycles. The Morgan fingerprint density at radius 2 is 1.21 bits per heavy atom. The first-order chi connectivity index (χ1) is 16.1. The van der Waals surface area contributed by atoms with Crippen molar-refractivity contribution in [2.24, 2.45) is 0 Å². The Bertz CT molecular complexity index is 700. The molecule has 2 rings (SSSR count). The van der Waals surface area contributed by atoms with Gasteiger partial charge in [-0.1, -0.05) is 0 Å². The van der Waals surface area contributed by atoms with Crippen LogP contribution in [-0.4, -0.2) is 112 Å². The maximum atomic E-state index is 11.9. The van der Waals surface area contributed by atoms with Crippen LogP contribution in [0.4, 0.5) is 0 Å². The van der Waals surface area contributed by atoms with Gasteiger partial charge in [-0.15, -0.1) is 0 Å². The standard InChI is InChI=1S/C21H34O13/c1-9-14(30-10(2)23)17(31-11(3)24)19(32-12(4)25)21(29-9)34-15-13(8-22)33-20(28-7)18(27-6)16(15)26-5/h9,13-22H,8H2,1-7H3/t9-,13+,14-,15+,16-,17+,18+,19+,20-,21-/m0/s1. The van der Waals surface area contributed by atoms with E-state index in [1.54, 1.807) is 6.92 Å². The Hall–Kier alpha value is -1.87. The molecule has 196 valence electrons. The topological polar surface area (TPSA) is 155 Å². The second-order valence-corrected chi connectivity index (χ2v) is 7.89. The molecule has 0 aromatic carbocycles. The molecule has 13 nitrogen and oxygen atoms in total. The van der Waals surface area contributed by atoms with E-state index in [9.17, 15) is 19.5 Å². The van der Waals surface area contributed by atoms with E-state index < -0.39 is 85.9 Å². The number of hydrogen-bond acceptors (Lipinski definition) is 13. The van der Waals surface area contributed by atoms with E-state index in [0.717, 1.165) is 13.8 Å². The highest BCUT2D eigenvalue weighted by Gasteiger charge is 2.54. The molecule has 0 aromatic heterocycles. The first kappa shape index (κ1) is 28.4. The highest BCUT2D eigenvalue weighted by atomic mass is 16.8. The van der Waals surface area contributed by atoms with Crippen LogP contribution in [0.2, 0.25) is 0 Å². The minimum atomic E-state index is -1.32. The number of ether oxygens (including phenoxy) is 9. The van der Waals surface area contributed by atoms with Crippen molar-refractivity contribution in [2.75, 3.05) is 27.9 Å². The maximum Gasteiger partial charge on any atom is 0.303 e. The quantitative estimate of drug-likeness (QED) is 0.318. The summed E-state index contributed by atoms with van der Waals surface area (Å²) in [6, 6.07) is 0. The lowest BCUT2D eigenvalue weighted by atomic mass is 9.96. The number of aliphatic hydroxyl groups excluding tert-OH is 1. The normalized spacial score (nSPS) is 38.1. The minimum Gasteiger partial charge on any atom is -0.456 e. The van der Waals surface area contributed by atoms with E-state index in [1.165, 1.54) is 28.3 Å². The molecule has 0 saturated carbocycles. The monoisotopic (exact) mass is 494 g/mol. The van der Waals surface area contributed by atoms with Gasteiger partial charge in [0.1, 0.15) is 24.4 Å². The average molecular weight is 494 g/mol. The van der Waals surface area contributed by atoms with Gasteiger partial charge in [-0.05, 0) is 6.92 Å². The van der Waals surface area contributed by atoms with E-state index in [-0.39, 0.29) is 0 Å². The molecule has 34 heavy (non-hydrogen) atoms. The maximum absolute atomic E-state index is 11.9. The molecule has 0 amide bonds. The molecule has 10 atom stereocenters. The van der Waals surface area contributed by atoms with Crippen molar-refractivity contribution in [1.29, 1.82) is 0 Å². The Kier molecular flexibility index (Phi) is 10.6. The largest absolute Gasteiger partial charge is 0.456 e. The van der Waals surface area contributed by atoms with Gasteiger partial charge in [-0.25, -0.2) is 0 Å². The Balaban J connectivity index is 2.42. The van der Waals surface area contributed by atoms with Gasteiger partial charge in [0.05, 0.1) is 12.7 Å². The molecule has 0 radical (unpaired) electrons. The van der Waals surface area contributed by atoms with E-state index >= 15 is 0 Å². The molecule has 2 aliphatic heterocycles. The molecular weight excluding hydrogens is 460 g/mol. The van der Waals surface area contributed by atoms with Crippen LogP contribution in [-0.2, 0) is 57.0 Å². The fourth-order valence-corrected chi connectivity index (χ4v) is 4.13. The van der Waals surface area contributed by atoms with Gasteiger partial charge in [-0.2, -0.15) is 0 Å². The molecule has 1 N–H and O–H groups in total. The number of carbonyl (C=O) groups is 3. The van der Waals surface area contributed by atoms with Gasteiger partial charge in [-0.3, -0.25) is 14.4 Å². The second kappa shape index (κ2) is 12.7. The Morgan fingerprint density at radius 3 is 1.68 bits per heavy atom. The molecule has 0 unspecified atom stereocenters. The third-order valence-corrected chi connectivity index (χ3v) is 5.47. The Labute approximate surface area is 197 Å². The van der Waals surface area contributed by atoms with Crippen molar-refractivity contribution in [3.05, 3.63) is 0 Å². The van der Waals surface area contributed by atoms with Crippen LogP contribution in [0, 0.1) is 0 Å². The lowest BCUT2D eigenvalue weighted by molar-refractivity contribution is -0.359. The number of aliphatic hydroxyl groups is 1. The van der Waals surface area contributed by atoms with E-state index in [4.69, 9.17) is 42.6 Å². The molecule has 0 aliphatic carbocycles. The number of hydrogen-bond donors (Lipinski definition) is 1. The van der Waals surface area contributed by atoms with E-state index in [1.807, 2.05) is 0 Å². The zero-order valence-electron chi connectivity index (χ0n) is 20.3. The summed E-state index contributed by atoms with van der Waals surface area (Å²) in [5, 5.41) is 9.94. The van der Waals surface area contributed by atoms with Crippen molar-refractivity contribution in [1.82, 2.24) is 0 Å². The number of rotatable bonds is 9. The van der Waals surface area contributed by atoms with Crippen LogP contribution in [0.3, 0.4) is 0 Å². The van der Waals surface area contributed by atoms with Crippen LogP contribution in [0.5, 0.6) is 0 Å². The smallest absolute Gasteiger partial charge is 0.303 e. The first-order valence-electron chi connectivity index (χ1n) is 10.7. The van der Waals surface area contributed by atoms with Gasteiger partial charge in [0.15, 0.2) is 30.9 Å². The Morgan fingerprint density at radius 1 is 0.676 bits per heavy atom. The lowest BCUT2D eigenvalue weighted by Crippen LogP contribution is -2.66. The summed E-state index contributed by atoms with van der Waals surface area (Å²) in [7, 11) is 4.27. The van der Waals surface area contributed by atoms with E-state index in [2.05, 4.69) is 0 Å². The summed E-state index contributed by atoms with van der Waals surface area (Å²) in [6.07, 6.45) is -10.1. The van der Waals surface area contributed by atoms with Gasteiger partial charge in [0, 0.05) is 42.1 Å². The summed E-state index contributed by atoms with van der Waals surface area (Å²) in [4.78, 5) is 35.4. The van der Waals surface area contributed by atoms with Crippen molar-refractivity contribution in [2.45, 2.75) is 89.1 Å². The molecule has 13 heteroatoms. The van der Waals surface area contributed by atoms with Gasteiger partial charge in [0.25, 0.3) is 0 Å². The number of carbonyl (C=O) groups excluding carboxylic acids is 3. The molecule has 0 bridgehead atoms. The summed E-state index contributed by atoms with van der Waals surface area (Å²) in [6.45, 7) is 4.62. The summed E-state index contributed by atoms with van der Waals surface area (Å²) in [5.74, 6) is -2.06. The third-order valence-electron chi connectivity index (χ3n) is 5.47. The van der Waals surface area contributed by atoms with Crippen LogP contribution in [0.1, 0.15) is 27.7 Å². The molecule has 0 aromatic rings. The van der Waals surface area contributed by atoms with Gasteiger partial charge >= 0.3 is 17.9 Å². The predicted molar refractivity (Wildman–Crippen MR) is 110 cm³/mol. The van der Waals surface area contributed by atoms with Crippen molar-refractivity contribution in [3.8, 4) is 0 Å². The van der Waals surface area contributed by atoms with Crippen LogP contribution >= 0.6 is 0 Å². The zero-order chi connectivity index (χ0) is 25.6. The average Bonchev–Trinajstić information content (AvgIpc) is 2.77. The van der Waals surface area contributed by atoms with Crippen LogP contribution in [0.15, 0.2) is 0 Å². The third kappa shape index (κ3) is 6.62. The molecule has 2 fully saturated rings. The lowest BCUT2D eigenvalue weighted by Gasteiger charge is -2.48. The summed E-state index contributed by atoms with van der Waals surface area (Å²) >= 11 is 0. The first-order valence-corrected chi connectivity index (χ1v) is 10.7. The van der Waals surface area contributed by atoms with Crippen molar-refractivity contribution < 1.29 is 62.1 Å². The van der Waals surface area contributed by atoms with Gasteiger partial charge in [0.2, 0.25) is 0 Å². The summed E-state index contributed by atoms with van der Waals surface area (Å²) in [5.41, 5.74) is 0. The second-order valence-electron chi connectivity index (χ2n) is 7.89. The van der Waals surface area contributed by atoms with Gasteiger partial charge < -0.3 is 47.7 Å². The minimum absolute atomic E-state index is 0.467. The highest BCUT2D eigenvalue weighted by Crippen LogP contribution is 2.34.